The Morgan fingerprint density at radius 2 is 1.70 bits per heavy atom. The number of rotatable bonds is 9. The molecule has 0 aromatic heterocycles. The van der Waals surface area contributed by atoms with Crippen molar-refractivity contribution in [3.05, 3.63) is 12.2 Å². The number of nitrogens with zero attached hydrogens (tertiary/aromatic N) is 1. The van der Waals surface area contributed by atoms with Crippen LogP contribution < -0.4 is 5.32 Å². The molecule has 0 bridgehead atoms. The summed E-state index contributed by atoms with van der Waals surface area (Å²) in [6.07, 6.45) is 5.47. The van der Waals surface area contributed by atoms with Crippen LogP contribution in [0.2, 0.25) is 0 Å². The zero-order valence-electron chi connectivity index (χ0n) is 11.7. The van der Waals surface area contributed by atoms with Gasteiger partial charge in [0.1, 0.15) is 5.78 Å². The highest BCUT2D eigenvalue weighted by molar-refractivity contribution is 6.12. The molecule has 6 nitrogen and oxygen atoms in total. The molecule has 110 valence electrons. The summed E-state index contributed by atoms with van der Waals surface area (Å²) in [5.41, 5.74) is 0. The van der Waals surface area contributed by atoms with Gasteiger partial charge in [-0.3, -0.25) is 24.1 Å². The molecule has 0 saturated heterocycles. The maximum Gasteiger partial charge on any atom is 0.253 e. The lowest BCUT2D eigenvalue weighted by Crippen LogP contribution is -2.30. The van der Waals surface area contributed by atoms with Crippen LogP contribution in [0, 0.1) is 0 Å². The van der Waals surface area contributed by atoms with Crippen LogP contribution in [0.4, 0.5) is 0 Å². The first-order valence-corrected chi connectivity index (χ1v) is 6.80. The Morgan fingerprint density at radius 3 is 2.30 bits per heavy atom. The van der Waals surface area contributed by atoms with Crippen molar-refractivity contribution in [2.24, 2.45) is 0 Å². The van der Waals surface area contributed by atoms with E-state index in [2.05, 4.69) is 5.32 Å². The van der Waals surface area contributed by atoms with E-state index in [0.29, 0.717) is 38.8 Å². The van der Waals surface area contributed by atoms with E-state index in [-0.39, 0.29) is 23.5 Å². The number of nitrogens with one attached hydrogen (secondary N) is 1. The monoisotopic (exact) mass is 280 g/mol. The Bertz CT molecular complexity index is 411. The van der Waals surface area contributed by atoms with Gasteiger partial charge in [0.25, 0.3) is 11.8 Å². The minimum atomic E-state index is -0.267. The number of unbranched alkanes of at least 4 members (excludes halogenated alkanes) is 2. The van der Waals surface area contributed by atoms with Crippen LogP contribution in [0.1, 0.15) is 39.0 Å². The molecule has 20 heavy (non-hydrogen) atoms. The summed E-state index contributed by atoms with van der Waals surface area (Å²) >= 11 is 0. The minimum absolute atomic E-state index is 0.0545. The Morgan fingerprint density at radius 1 is 1.05 bits per heavy atom. The molecule has 3 amide bonds. The van der Waals surface area contributed by atoms with Gasteiger partial charge in [0.15, 0.2) is 0 Å². The van der Waals surface area contributed by atoms with Gasteiger partial charge in [-0.15, -0.1) is 0 Å². The van der Waals surface area contributed by atoms with Crippen molar-refractivity contribution >= 4 is 23.5 Å². The van der Waals surface area contributed by atoms with Gasteiger partial charge >= 0.3 is 0 Å². The fraction of sp³-hybridized carbons (Fsp3) is 0.571. The summed E-state index contributed by atoms with van der Waals surface area (Å²) in [5.74, 6) is -0.547. The van der Waals surface area contributed by atoms with Crippen LogP contribution in [-0.4, -0.2) is 41.5 Å². The molecule has 0 aromatic rings. The fourth-order valence-electron chi connectivity index (χ4n) is 1.85. The van der Waals surface area contributed by atoms with Gasteiger partial charge in [0.05, 0.1) is 0 Å². The summed E-state index contributed by atoms with van der Waals surface area (Å²) in [6, 6.07) is 0. The molecular weight excluding hydrogens is 260 g/mol. The minimum Gasteiger partial charge on any atom is -0.356 e. The van der Waals surface area contributed by atoms with Crippen molar-refractivity contribution in [3.63, 3.8) is 0 Å². The van der Waals surface area contributed by atoms with Crippen molar-refractivity contribution in [1.29, 1.82) is 0 Å². The van der Waals surface area contributed by atoms with Crippen LogP contribution in [0.15, 0.2) is 12.2 Å². The molecule has 0 fully saturated rings. The van der Waals surface area contributed by atoms with E-state index in [1.807, 2.05) is 0 Å². The topological polar surface area (TPSA) is 83.6 Å². The average Bonchev–Trinajstić information content (AvgIpc) is 2.69. The molecule has 0 saturated carbocycles. The molecule has 0 radical (unpaired) electrons. The van der Waals surface area contributed by atoms with Gasteiger partial charge in [-0.2, -0.15) is 0 Å². The molecule has 0 aliphatic carbocycles. The van der Waals surface area contributed by atoms with Gasteiger partial charge in [0, 0.05) is 38.1 Å². The number of amides is 3. The highest BCUT2D eigenvalue weighted by Crippen LogP contribution is 2.07. The predicted molar refractivity (Wildman–Crippen MR) is 72.6 cm³/mol. The number of ketones is 1. The standard InChI is InChI=1S/C14H20N2O4/c1-11(17)8-9-15-12(18)5-3-2-4-10-16-13(19)6-7-14(16)20/h6-7H,2-5,8-10H2,1H3,(H,15,18). The van der Waals surface area contributed by atoms with Crippen LogP contribution in [0.25, 0.3) is 0 Å². The summed E-state index contributed by atoms with van der Waals surface area (Å²) in [7, 11) is 0. The number of carbonyl (C=O) groups is 4. The maximum absolute atomic E-state index is 11.4. The van der Waals surface area contributed by atoms with E-state index >= 15 is 0 Å². The molecule has 0 atom stereocenters. The highest BCUT2D eigenvalue weighted by Gasteiger charge is 2.22. The van der Waals surface area contributed by atoms with Crippen molar-refractivity contribution in [1.82, 2.24) is 10.2 Å². The maximum atomic E-state index is 11.4. The summed E-state index contributed by atoms with van der Waals surface area (Å²) in [5, 5.41) is 2.67. The fourth-order valence-corrected chi connectivity index (χ4v) is 1.85. The molecular formula is C14H20N2O4. The summed E-state index contributed by atoms with van der Waals surface area (Å²) in [6.45, 7) is 2.27. The van der Waals surface area contributed by atoms with Crippen LogP contribution in [0.3, 0.4) is 0 Å². The SMILES string of the molecule is CC(=O)CCNC(=O)CCCCCN1C(=O)C=CC1=O. The molecule has 0 spiro atoms. The number of carbonyl (C=O) groups excluding carboxylic acids is 4. The van der Waals surface area contributed by atoms with Gasteiger partial charge in [-0.1, -0.05) is 6.42 Å². The molecule has 1 heterocycles. The first kappa shape index (κ1) is 16.1. The number of imide groups is 1. The van der Waals surface area contributed by atoms with Gasteiger partial charge in [0.2, 0.25) is 5.91 Å². The van der Waals surface area contributed by atoms with Crippen LogP contribution in [-0.2, 0) is 19.2 Å². The first-order chi connectivity index (χ1) is 9.50. The van der Waals surface area contributed by atoms with Gasteiger partial charge < -0.3 is 5.32 Å². The number of hydrogen-bond acceptors (Lipinski definition) is 4. The normalized spacial score (nSPS) is 13.9. The van der Waals surface area contributed by atoms with E-state index in [1.54, 1.807) is 0 Å². The number of Topliss-reactive ketones (excluding diaryl/α,β-unsaturated/α-hetero) is 1. The van der Waals surface area contributed by atoms with Gasteiger partial charge in [-0.25, -0.2) is 0 Å². The highest BCUT2D eigenvalue weighted by atomic mass is 16.2. The third-order valence-electron chi connectivity index (χ3n) is 2.99. The van der Waals surface area contributed by atoms with Crippen molar-refractivity contribution < 1.29 is 19.2 Å². The Hall–Kier alpha value is -1.98. The third-order valence-corrected chi connectivity index (χ3v) is 2.99. The zero-order chi connectivity index (χ0) is 15.0. The van der Waals surface area contributed by atoms with E-state index in [9.17, 15) is 19.2 Å². The van der Waals surface area contributed by atoms with Crippen molar-refractivity contribution in [3.8, 4) is 0 Å². The Kier molecular flexibility index (Phi) is 6.63. The summed E-state index contributed by atoms with van der Waals surface area (Å²) in [4.78, 5) is 45.8. The molecule has 6 heteroatoms. The van der Waals surface area contributed by atoms with E-state index < -0.39 is 0 Å². The van der Waals surface area contributed by atoms with Crippen molar-refractivity contribution in [2.75, 3.05) is 13.1 Å². The second-order valence-corrected chi connectivity index (χ2v) is 4.77. The molecule has 1 aliphatic heterocycles. The van der Waals surface area contributed by atoms with Crippen molar-refractivity contribution in [2.45, 2.75) is 39.0 Å². The van der Waals surface area contributed by atoms with E-state index in [0.717, 1.165) is 6.42 Å². The van der Waals surface area contributed by atoms with E-state index in [4.69, 9.17) is 0 Å². The van der Waals surface area contributed by atoms with Crippen LogP contribution >= 0.6 is 0 Å². The van der Waals surface area contributed by atoms with E-state index in [1.165, 1.54) is 24.0 Å². The Balaban J connectivity index is 2.02. The lowest BCUT2D eigenvalue weighted by Gasteiger charge is -2.12. The molecule has 1 aliphatic rings. The molecule has 0 aromatic carbocycles. The Labute approximate surface area is 118 Å². The average molecular weight is 280 g/mol. The summed E-state index contributed by atoms with van der Waals surface area (Å²) < 4.78 is 0. The third kappa shape index (κ3) is 5.77. The molecule has 0 unspecified atom stereocenters. The lowest BCUT2D eigenvalue weighted by atomic mass is 10.2. The second-order valence-electron chi connectivity index (χ2n) is 4.77. The second kappa shape index (κ2) is 8.24. The molecule has 1 rings (SSSR count). The zero-order valence-corrected chi connectivity index (χ0v) is 11.7. The first-order valence-electron chi connectivity index (χ1n) is 6.80. The smallest absolute Gasteiger partial charge is 0.253 e. The molecule has 1 N–H and O–H groups in total. The van der Waals surface area contributed by atoms with Crippen LogP contribution in [0.5, 0.6) is 0 Å². The largest absolute Gasteiger partial charge is 0.356 e. The lowest BCUT2D eigenvalue weighted by molar-refractivity contribution is -0.137. The quantitative estimate of drug-likeness (QED) is 0.494. The predicted octanol–water partition coefficient (Wildman–Crippen LogP) is 0.567. The van der Waals surface area contributed by atoms with Gasteiger partial charge in [-0.05, 0) is 19.8 Å². The number of hydrogen-bond donors (Lipinski definition) is 1.